The summed E-state index contributed by atoms with van der Waals surface area (Å²) in [5, 5.41) is 3.76. The molecule has 0 heterocycles. The van der Waals surface area contributed by atoms with Crippen molar-refractivity contribution in [2.75, 3.05) is 0 Å². The highest BCUT2D eigenvalue weighted by molar-refractivity contribution is 9.10. The molecule has 1 aromatic carbocycles. The van der Waals surface area contributed by atoms with Crippen molar-refractivity contribution >= 4 is 15.9 Å². The van der Waals surface area contributed by atoms with Crippen LogP contribution in [0.3, 0.4) is 0 Å². The van der Waals surface area contributed by atoms with E-state index < -0.39 is 0 Å². The number of hydrogen-bond donors (Lipinski definition) is 1. The number of hydrogen-bond acceptors (Lipinski definition) is 1. The number of benzene rings is 1. The predicted molar refractivity (Wildman–Crippen MR) is 77.1 cm³/mol. The van der Waals surface area contributed by atoms with Crippen molar-refractivity contribution in [3.8, 4) is 0 Å². The Kier molecular flexibility index (Phi) is 4.63. The van der Waals surface area contributed by atoms with Crippen molar-refractivity contribution < 1.29 is 0 Å². The number of nitrogens with one attached hydrogen (secondary N) is 1. The van der Waals surface area contributed by atoms with Crippen molar-refractivity contribution in [3.63, 3.8) is 0 Å². The lowest BCUT2D eigenvalue weighted by Crippen LogP contribution is -2.29. The molecular formula is C15H22BrN. The van der Waals surface area contributed by atoms with Crippen molar-refractivity contribution in [2.45, 2.75) is 51.6 Å². The van der Waals surface area contributed by atoms with Gasteiger partial charge in [-0.1, -0.05) is 41.4 Å². The van der Waals surface area contributed by atoms with Crippen LogP contribution in [0.5, 0.6) is 0 Å². The molecule has 1 N–H and O–H groups in total. The van der Waals surface area contributed by atoms with Crippen LogP contribution < -0.4 is 5.32 Å². The summed E-state index contributed by atoms with van der Waals surface area (Å²) in [5.74, 6) is 0.949. The van der Waals surface area contributed by atoms with Crippen LogP contribution in [-0.2, 0) is 0 Å². The van der Waals surface area contributed by atoms with Gasteiger partial charge in [0, 0.05) is 16.6 Å². The second-order valence-corrected chi connectivity index (χ2v) is 6.14. The molecule has 1 nitrogen and oxygen atoms in total. The van der Waals surface area contributed by atoms with Gasteiger partial charge in [0.15, 0.2) is 0 Å². The van der Waals surface area contributed by atoms with Gasteiger partial charge in [-0.25, -0.2) is 0 Å². The quantitative estimate of drug-likeness (QED) is 0.850. The van der Waals surface area contributed by atoms with Crippen LogP contribution in [0.2, 0.25) is 0 Å². The van der Waals surface area contributed by atoms with Gasteiger partial charge in [0.2, 0.25) is 0 Å². The summed E-state index contributed by atoms with van der Waals surface area (Å²) in [6.45, 7) is 4.58. The minimum atomic E-state index is 0.462. The Morgan fingerprint density at radius 1 is 1.29 bits per heavy atom. The first-order chi connectivity index (χ1) is 8.19. The van der Waals surface area contributed by atoms with E-state index >= 15 is 0 Å². The Bertz CT molecular complexity index is 346. The largest absolute Gasteiger partial charge is 0.307 e. The fourth-order valence-electron chi connectivity index (χ4n) is 2.80. The van der Waals surface area contributed by atoms with Gasteiger partial charge in [-0.2, -0.15) is 0 Å². The van der Waals surface area contributed by atoms with Crippen LogP contribution in [-0.4, -0.2) is 6.04 Å². The van der Waals surface area contributed by atoms with Crippen LogP contribution in [0, 0.1) is 5.92 Å². The van der Waals surface area contributed by atoms with E-state index in [4.69, 9.17) is 0 Å². The first-order valence-corrected chi connectivity index (χ1v) is 7.50. The SMILES string of the molecule is CCC1CCC(N[C@H](C)c2ccc(Br)cc2)C1. The summed E-state index contributed by atoms with van der Waals surface area (Å²) in [5.41, 5.74) is 1.38. The molecule has 0 spiro atoms. The maximum atomic E-state index is 3.76. The van der Waals surface area contributed by atoms with Gasteiger partial charge in [-0.15, -0.1) is 0 Å². The molecule has 2 unspecified atom stereocenters. The van der Waals surface area contributed by atoms with Crippen molar-refractivity contribution in [1.29, 1.82) is 0 Å². The van der Waals surface area contributed by atoms with Gasteiger partial charge in [-0.3, -0.25) is 0 Å². The molecular weight excluding hydrogens is 274 g/mol. The molecule has 0 amide bonds. The first kappa shape index (κ1) is 13.1. The molecule has 3 atom stereocenters. The molecule has 0 aromatic heterocycles. The van der Waals surface area contributed by atoms with Crippen LogP contribution >= 0.6 is 15.9 Å². The lowest BCUT2D eigenvalue weighted by Gasteiger charge is -2.20. The van der Waals surface area contributed by atoms with Gasteiger partial charge < -0.3 is 5.32 Å². The maximum Gasteiger partial charge on any atom is 0.0294 e. The molecule has 1 aromatic rings. The Labute approximate surface area is 113 Å². The molecule has 0 aliphatic heterocycles. The topological polar surface area (TPSA) is 12.0 Å². The third-order valence-electron chi connectivity index (χ3n) is 3.97. The minimum Gasteiger partial charge on any atom is -0.307 e. The lowest BCUT2D eigenvalue weighted by molar-refractivity contribution is 0.437. The van der Waals surface area contributed by atoms with E-state index in [-0.39, 0.29) is 0 Å². The van der Waals surface area contributed by atoms with E-state index in [9.17, 15) is 0 Å². The van der Waals surface area contributed by atoms with Gasteiger partial charge in [0.05, 0.1) is 0 Å². The molecule has 17 heavy (non-hydrogen) atoms. The summed E-state index contributed by atoms with van der Waals surface area (Å²) < 4.78 is 1.15. The van der Waals surface area contributed by atoms with E-state index in [1.54, 1.807) is 0 Å². The van der Waals surface area contributed by atoms with Crippen molar-refractivity contribution in [3.05, 3.63) is 34.3 Å². The lowest BCUT2D eigenvalue weighted by atomic mass is 10.0. The van der Waals surface area contributed by atoms with E-state index in [2.05, 4.69) is 59.4 Å². The average molecular weight is 296 g/mol. The fourth-order valence-corrected chi connectivity index (χ4v) is 3.06. The fraction of sp³-hybridized carbons (Fsp3) is 0.600. The second-order valence-electron chi connectivity index (χ2n) is 5.22. The third kappa shape index (κ3) is 3.56. The zero-order chi connectivity index (χ0) is 12.3. The summed E-state index contributed by atoms with van der Waals surface area (Å²) in [7, 11) is 0. The normalized spacial score (nSPS) is 26.1. The Balaban J connectivity index is 1.89. The highest BCUT2D eigenvalue weighted by atomic mass is 79.9. The van der Waals surface area contributed by atoms with Crippen molar-refractivity contribution in [2.24, 2.45) is 5.92 Å². The summed E-state index contributed by atoms with van der Waals surface area (Å²) >= 11 is 3.48. The predicted octanol–water partition coefficient (Wildman–Crippen LogP) is 4.68. The summed E-state index contributed by atoms with van der Waals surface area (Å²) in [4.78, 5) is 0. The molecule has 94 valence electrons. The minimum absolute atomic E-state index is 0.462. The highest BCUT2D eigenvalue weighted by Gasteiger charge is 2.24. The zero-order valence-electron chi connectivity index (χ0n) is 10.7. The van der Waals surface area contributed by atoms with Gasteiger partial charge in [0.25, 0.3) is 0 Å². The van der Waals surface area contributed by atoms with Crippen molar-refractivity contribution in [1.82, 2.24) is 5.32 Å². The van der Waals surface area contributed by atoms with Crippen LogP contribution in [0.4, 0.5) is 0 Å². The smallest absolute Gasteiger partial charge is 0.0294 e. The third-order valence-corrected chi connectivity index (χ3v) is 4.50. The maximum absolute atomic E-state index is 3.76. The van der Waals surface area contributed by atoms with Crippen LogP contribution in [0.25, 0.3) is 0 Å². The van der Waals surface area contributed by atoms with E-state index in [1.807, 2.05) is 0 Å². The zero-order valence-corrected chi connectivity index (χ0v) is 12.3. The van der Waals surface area contributed by atoms with Crippen LogP contribution in [0.1, 0.15) is 51.1 Å². The average Bonchev–Trinajstić information content (AvgIpc) is 2.77. The standard InChI is InChI=1S/C15H22BrN/c1-3-12-4-9-15(10-12)17-11(2)13-5-7-14(16)8-6-13/h5-8,11-12,15,17H,3-4,9-10H2,1-2H3/t11-,12?,15?/m1/s1. The Hall–Kier alpha value is -0.340. The molecule has 2 heteroatoms. The van der Waals surface area contributed by atoms with Gasteiger partial charge >= 0.3 is 0 Å². The number of rotatable bonds is 4. The Morgan fingerprint density at radius 2 is 2.00 bits per heavy atom. The van der Waals surface area contributed by atoms with Crippen LogP contribution in [0.15, 0.2) is 28.7 Å². The van der Waals surface area contributed by atoms with Gasteiger partial charge in [-0.05, 0) is 49.8 Å². The first-order valence-electron chi connectivity index (χ1n) is 6.70. The van der Waals surface area contributed by atoms with E-state index in [0.717, 1.165) is 16.4 Å². The molecule has 1 saturated carbocycles. The van der Waals surface area contributed by atoms with E-state index in [0.29, 0.717) is 6.04 Å². The molecule has 2 rings (SSSR count). The molecule has 1 fully saturated rings. The molecule has 0 saturated heterocycles. The monoisotopic (exact) mass is 295 g/mol. The molecule has 0 radical (unpaired) electrons. The molecule has 0 bridgehead atoms. The second kappa shape index (κ2) is 6.01. The Morgan fingerprint density at radius 3 is 2.59 bits per heavy atom. The summed E-state index contributed by atoms with van der Waals surface area (Å²) in [6, 6.07) is 9.83. The van der Waals surface area contributed by atoms with E-state index in [1.165, 1.54) is 31.2 Å². The summed E-state index contributed by atoms with van der Waals surface area (Å²) in [6.07, 6.45) is 5.45. The molecule has 1 aliphatic rings. The highest BCUT2D eigenvalue weighted by Crippen LogP contribution is 2.29. The van der Waals surface area contributed by atoms with Gasteiger partial charge in [0.1, 0.15) is 0 Å². The number of halogens is 1. The molecule has 1 aliphatic carbocycles.